The molecule has 4 nitrogen and oxygen atoms in total. The standard InChI is InChI=1S/C25H33F3N2O2/c1-4-18(10-17-8-6-5-7-9-17)20-11-21(20)30(22(31)25(26,27)28)19-12-24(13-19)15-29(16-24)14-23(2,3)32/h5-10,19-21,32H,4,11-16H2,1-3H3/b18-10+/t20-,21+/m0/s1. The number of hydrogen-bond acceptors (Lipinski definition) is 3. The molecular formula is C25H33F3N2O2. The Labute approximate surface area is 188 Å². The van der Waals surface area contributed by atoms with Crippen molar-refractivity contribution in [3.05, 3.63) is 41.5 Å². The number of hydrogen-bond donors (Lipinski definition) is 1. The third-order valence-corrected chi connectivity index (χ3v) is 7.09. The van der Waals surface area contributed by atoms with Crippen LogP contribution < -0.4 is 0 Å². The molecule has 1 aromatic carbocycles. The van der Waals surface area contributed by atoms with Gasteiger partial charge in [0.15, 0.2) is 0 Å². The molecule has 0 radical (unpaired) electrons. The Morgan fingerprint density at radius 3 is 2.38 bits per heavy atom. The Morgan fingerprint density at radius 2 is 1.84 bits per heavy atom. The van der Waals surface area contributed by atoms with E-state index in [1.165, 1.54) is 4.90 Å². The number of carbonyl (C=O) groups excluding carboxylic acids is 1. The number of halogens is 3. The minimum atomic E-state index is -4.85. The lowest BCUT2D eigenvalue weighted by Crippen LogP contribution is -2.69. The molecule has 1 spiro atoms. The van der Waals surface area contributed by atoms with Gasteiger partial charge in [-0.15, -0.1) is 0 Å². The van der Waals surface area contributed by atoms with Crippen LogP contribution in [0.4, 0.5) is 13.2 Å². The molecular weight excluding hydrogens is 417 g/mol. The molecule has 32 heavy (non-hydrogen) atoms. The van der Waals surface area contributed by atoms with E-state index < -0.39 is 17.7 Å². The van der Waals surface area contributed by atoms with Gasteiger partial charge >= 0.3 is 12.1 Å². The Hall–Kier alpha value is -1.86. The monoisotopic (exact) mass is 450 g/mol. The van der Waals surface area contributed by atoms with Crippen LogP contribution in [0.15, 0.2) is 35.9 Å². The van der Waals surface area contributed by atoms with E-state index in [1.807, 2.05) is 37.3 Å². The van der Waals surface area contributed by atoms with Crippen LogP contribution in [0.1, 0.15) is 52.0 Å². The van der Waals surface area contributed by atoms with Crippen molar-refractivity contribution in [2.75, 3.05) is 19.6 Å². The summed E-state index contributed by atoms with van der Waals surface area (Å²) in [5.74, 6) is -1.69. The Bertz CT molecular complexity index is 861. The van der Waals surface area contributed by atoms with Gasteiger partial charge in [0.1, 0.15) is 0 Å². The number of amides is 1. The second kappa shape index (κ2) is 8.17. The number of nitrogens with zero attached hydrogens (tertiary/aromatic N) is 2. The lowest BCUT2D eigenvalue weighted by atomic mass is 9.60. The SMILES string of the molecule is CC/C(=C\c1ccccc1)[C@@H]1C[C@H]1N(C(=O)C(F)(F)F)C1CC2(C1)CN(CC(C)(C)O)C2. The predicted molar refractivity (Wildman–Crippen MR) is 118 cm³/mol. The highest BCUT2D eigenvalue weighted by Crippen LogP contribution is 2.55. The summed E-state index contributed by atoms with van der Waals surface area (Å²) in [6.07, 6.45) is -0.205. The van der Waals surface area contributed by atoms with E-state index in [-0.39, 0.29) is 23.4 Å². The summed E-state index contributed by atoms with van der Waals surface area (Å²) in [6, 6.07) is 9.07. The maximum atomic E-state index is 13.5. The molecule has 1 aromatic rings. The minimum absolute atomic E-state index is 0.00209. The molecule has 2 aliphatic carbocycles. The van der Waals surface area contributed by atoms with Crippen molar-refractivity contribution >= 4 is 12.0 Å². The Morgan fingerprint density at radius 1 is 1.22 bits per heavy atom. The minimum Gasteiger partial charge on any atom is -0.389 e. The highest BCUT2D eigenvalue weighted by Gasteiger charge is 2.61. The number of aliphatic hydroxyl groups is 1. The second-order valence-corrected chi connectivity index (χ2v) is 10.6. The van der Waals surface area contributed by atoms with E-state index in [0.29, 0.717) is 25.8 Å². The molecule has 1 N–H and O–H groups in total. The normalized spacial score (nSPS) is 25.9. The van der Waals surface area contributed by atoms with Crippen LogP contribution >= 0.6 is 0 Å². The van der Waals surface area contributed by atoms with Gasteiger partial charge in [0.25, 0.3) is 0 Å². The number of benzene rings is 1. The maximum Gasteiger partial charge on any atom is 0.471 e. The molecule has 3 aliphatic rings. The predicted octanol–water partition coefficient (Wildman–Crippen LogP) is 4.49. The number of alkyl halides is 3. The fourth-order valence-electron chi connectivity index (χ4n) is 5.81. The van der Waals surface area contributed by atoms with Gasteiger partial charge < -0.3 is 10.0 Å². The average molecular weight is 451 g/mol. The Balaban J connectivity index is 1.43. The van der Waals surface area contributed by atoms with Crippen LogP contribution in [-0.2, 0) is 4.79 Å². The molecule has 4 rings (SSSR count). The summed E-state index contributed by atoms with van der Waals surface area (Å²) in [5, 5.41) is 9.98. The van der Waals surface area contributed by atoms with E-state index >= 15 is 0 Å². The summed E-state index contributed by atoms with van der Waals surface area (Å²) in [5.41, 5.74) is 1.35. The van der Waals surface area contributed by atoms with Crippen molar-refractivity contribution in [1.82, 2.24) is 9.80 Å². The van der Waals surface area contributed by atoms with Gasteiger partial charge in [0.2, 0.25) is 0 Å². The third kappa shape index (κ3) is 4.88. The third-order valence-electron chi connectivity index (χ3n) is 7.09. The highest BCUT2D eigenvalue weighted by molar-refractivity contribution is 5.83. The van der Waals surface area contributed by atoms with E-state index in [4.69, 9.17) is 0 Å². The molecule has 7 heteroatoms. The molecule has 176 valence electrons. The van der Waals surface area contributed by atoms with Crippen LogP contribution in [0, 0.1) is 11.3 Å². The van der Waals surface area contributed by atoms with Gasteiger partial charge in [-0.2, -0.15) is 13.2 Å². The van der Waals surface area contributed by atoms with Gasteiger partial charge in [-0.05, 0) is 50.5 Å². The molecule has 0 aromatic heterocycles. The smallest absolute Gasteiger partial charge is 0.389 e. The van der Waals surface area contributed by atoms with E-state index in [0.717, 1.165) is 30.6 Å². The summed E-state index contributed by atoms with van der Waals surface area (Å²) >= 11 is 0. The highest BCUT2D eigenvalue weighted by atomic mass is 19.4. The number of likely N-dealkylation sites (tertiary alicyclic amines) is 1. The molecule has 1 heterocycles. The van der Waals surface area contributed by atoms with Crippen LogP contribution in [0.25, 0.3) is 6.08 Å². The fourth-order valence-corrected chi connectivity index (χ4v) is 5.81. The van der Waals surface area contributed by atoms with Crippen molar-refractivity contribution < 1.29 is 23.1 Å². The van der Waals surface area contributed by atoms with Crippen molar-refractivity contribution in [2.24, 2.45) is 11.3 Å². The summed E-state index contributed by atoms with van der Waals surface area (Å²) in [6.45, 7) is 7.65. The summed E-state index contributed by atoms with van der Waals surface area (Å²) in [7, 11) is 0. The topological polar surface area (TPSA) is 43.8 Å². The first-order valence-corrected chi connectivity index (χ1v) is 11.5. The van der Waals surface area contributed by atoms with Crippen molar-refractivity contribution in [1.29, 1.82) is 0 Å². The van der Waals surface area contributed by atoms with Crippen LogP contribution in [0.2, 0.25) is 0 Å². The molecule has 1 saturated heterocycles. The molecule has 0 unspecified atom stereocenters. The maximum absolute atomic E-state index is 13.5. The van der Waals surface area contributed by atoms with Gasteiger partial charge in [-0.25, -0.2) is 0 Å². The van der Waals surface area contributed by atoms with Crippen molar-refractivity contribution in [3.8, 4) is 0 Å². The van der Waals surface area contributed by atoms with E-state index in [1.54, 1.807) is 13.8 Å². The first-order chi connectivity index (χ1) is 14.9. The molecule has 1 aliphatic heterocycles. The number of β-amino-alcohol motifs (C(OH)–C–C–N with tert-alkyl or cyclic N) is 1. The quantitative estimate of drug-likeness (QED) is 0.666. The number of rotatable bonds is 7. The lowest BCUT2D eigenvalue weighted by molar-refractivity contribution is -0.198. The Kier molecular flexibility index (Phi) is 5.95. The lowest BCUT2D eigenvalue weighted by Gasteiger charge is -2.61. The van der Waals surface area contributed by atoms with Gasteiger partial charge in [0.05, 0.1) is 5.60 Å². The molecule has 3 fully saturated rings. The first-order valence-electron chi connectivity index (χ1n) is 11.5. The van der Waals surface area contributed by atoms with Crippen LogP contribution in [-0.4, -0.2) is 64.3 Å². The summed E-state index contributed by atoms with van der Waals surface area (Å²) in [4.78, 5) is 15.7. The zero-order chi connectivity index (χ0) is 23.3. The largest absolute Gasteiger partial charge is 0.471 e. The van der Waals surface area contributed by atoms with E-state index in [9.17, 15) is 23.1 Å². The molecule has 2 atom stereocenters. The first kappa shape index (κ1) is 23.3. The zero-order valence-corrected chi connectivity index (χ0v) is 19.0. The molecule has 2 saturated carbocycles. The van der Waals surface area contributed by atoms with E-state index in [2.05, 4.69) is 11.0 Å². The number of carbonyl (C=O) groups is 1. The van der Waals surface area contributed by atoms with Gasteiger partial charge in [0, 0.05) is 37.6 Å². The van der Waals surface area contributed by atoms with Crippen molar-refractivity contribution in [2.45, 2.75) is 70.3 Å². The second-order valence-electron chi connectivity index (χ2n) is 10.6. The molecule has 0 bridgehead atoms. The van der Waals surface area contributed by atoms with Crippen molar-refractivity contribution in [3.63, 3.8) is 0 Å². The zero-order valence-electron chi connectivity index (χ0n) is 19.0. The van der Waals surface area contributed by atoms with Gasteiger partial charge in [-0.1, -0.05) is 48.9 Å². The van der Waals surface area contributed by atoms with Crippen LogP contribution in [0.5, 0.6) is 0 Å². The fraction of sp³-hybridized carbons (Fsp3) is 0.640. The summed E-state index contributed by atoms with van der Waals surface area (Å²) < 4.78 is 40.4. The van der Waals surface area contributed by atoms with Crippen LogP contribution in [0.3, 0.4) is 0 Å². The van der Waals surface area contributed by atoms with Gasteiger partial charge in [-0.3, -0.25) is 9.69 Å². The average Bonchev–Trinajstić information content (AvgIpc) is 3.41. The molecule has 1 amide bonds.